The van der Waals surface area contributed by atoms with E-state index in [-0.39, 0.29) is 18.8 Å². The molecule has 15 heavy (non-hydrogen) atoms. The van der Waals surface area contributed by atoms with Gasteiger partial charge in [-0.2, -0.15) is 0 Å². The van der Waals surface area contributed by atoms with E-state index in [9.17, 15) is 0 Å². The molecule has 1 aromatic rings. The molecule has 4 nitrogen and oxygen atoms in total. The Morgan fingerprint density at radius 3 is 2.87 bits per heavy atom. The van der Waals surface area contributed by atoms with Crippen LogP contribution >= 0.6 is 0 Å². The van der Waals surface area contributed by atoms with Crippen molar-refractivity contribution in [3.05, 3.63) is 24.3 Å². The molecule has 0 radical (unpaired) electrons. The molecule has 2 rings (SSSR count). The molecule has 0 fully saturated rings. The van der Waals surface area contributed by atoms with E-state index in [2.05, 4.69) is 0 Å². The van der Waals surface area contributed by atoms with E-state index in [1.807, 2.05) is 24.3 Å². The fraction of sp³-hybridized carbons (Fsp3) is 0.455. The lowest BCUT2D eigenvalue weighted by molar-refractivity contribution is 0.0651. The van der Waals surface area contributed by atoms with Gasteiger partial charge in [0.15, 0.2) is 11.5 Å². The first-order valence-corrected chi connectivity index (χ1v) is 5.06. The summed E-state index contributed by atoms with van der Waals surface area (Å²) in [6.45, 7) is 0.515. The normalized spacial score (nSPS) is 21.1. The number of benzene rings is 1. The second-order valence-electron chi connectivity index (χ2n) is 3.59. The Morgan fingerprint density at radius 2 is 2.13 bits per heavy atom. The van der Waals surface area contributed by atoms with Crippen LogP contribution in [-0.4, -0.2) is 30.5 Å². The summed E-state index contributed by atoms with van der Waals surface area (Å²) >= 11 is 0. The second kappa shape index (κ2) is 4.51. The molecule has 0 aromatic heterocycles. The molecular formula is C11H15NO3. The average Bonchev–Trinajstić information content (AvgIpc) is 2.29. The van der Waals surface area contributed by atoms with E-state index in [0.717, 1.165) is 11.5 Å². The molecule has 82 valence electrons. The van der Waals surface area contributed by atoms with Crippen molar-refractivity contribution in [2.24, 2.45) is 5.73 Å². The zero-order chi connectivity index (χ0) is 10.7. The highest BCUT2D eigenvalue weighted by atomic mass is 16.6. The van der Waals surface area contributed by atoms with Crippen LogP contribution < -0.4 is 15.2 Å². The van der Waals surface area contributed by atoms with Crippen molar-refractivity contribution in [1.29, 1.82) is 0 Å². The largest absolute Gasteiger partial charge is 0.486 e. The third-order valence-electron chi connectivity index (χ3n) is 2.47. The van der Waals surface area contributed by atoms with E-state index >= 15 is 0 Å². The van der Waals surface area contributed by atoms with E-state index in [1.165, 1.54) is 0 Å². The summed E-state index contributed by atoms with van der Waals surface area (Å²) in [5, 5.41) is 8.79. The van der Waals surface area contributed by atoms with Crippen LogP contribution in [0.1, 0.15) is 6.42 Å². The molecule has 0 saturated heterocycles. The lowest BCUT2D eigenvalue weighted by Crippen LogP contribution is -2.45. The Kier molecular flexibility index (Phi) is 3.08. The van der Waals surface area contributed by atoms with Gasteiger partial charge in [-0.15, -0.1) is 0 Å². The molecular weight excluding hydrogens is 194 g/mol. The molecule has 1 aromatic carbocycles. The van der Waals surface area contributed by atoms with Crippen LogP contribution in [-0.2, 0) is 0 Å². The van der Waals surface area contributed by atoms with Crippen molar-refractivity contribution < 1.29 is 14.6 Å². The van der Waals surface area contributed by atoms with Crippen LogP contribution in [0.2, 0.25) is 0 Å². The molecule has 0 spiro atoms. The highest BCUT2D eigenvalue weighted by Gasteiger charge is 2.25. The van der Waals surface area contributed by atoms with Crippen LogP contribution in [0.25, 0.3) is 0 Å². The minimum atomic E-state index is -0.191. The molecule has 4 heteroatoms. The van der Waals surface area contributed by atoms with E-state index in [1.54, 1.807) is 0 Å². The zero-order valence-corrected chi connectivity index (χ0v) is 8.43. The summed E-state index contributed by atoms with van der Waals surface area (Å²) in [5.41, 5.74) is 5.85. The third kappa shape index (κ3) is 2.22. The molecule has 0 unspecified atom stereocenters. The van der Waals surface area contributed by atoms with Gasteiger partial charge in [-0.05, 0) is 18.6 Å². The van der Waals surface area contributed by atoms with Gasteiger partial charge in [-0.25, -0.2) is 0 Å². The average molecular weight is 209 g/mol. The monoisotopic (exact) mass is 209 g/mol. The summed E-state index contributed by atoms with van der Waals surface area (Å²) in [5.74, 6) is 1.48. The summed E-state index contributed by atoms with van der Waals surface area (Å²) in [6, 6.07) is 7.32. The topological polar surface area (TPSA) is 64.7 Å². The number of aliphatic hydroxyl groups is 1. The second-order valence-corrected chi connectivity index (χ2v) is 3.59. The quantitative estimate of drug-likeness (QED) is 0.762. The SMILES string of the molecule is N[C@@H](CCO)[C@@H]1COc2ccccc2O1. The molecule has 0 amide bonds. The van der Waals surface area contributed by atoms with Crippen LogP contribution in [0.3, 0.4) is 0 Å². The molecule has 1 aliphatic rings. The highest BCUT2D eigenvalue weighted by molar-refractivity contribution is 5.40. The van der Waals surface area contributed by atoms with Crippen molar-refractivity contribution in [3.63, 3.8) is 0 Å². The van der Waals surface area contributed by atoms with E-state index in [0.29, 0.717) is 13.0 Å². The van der Waals surface area contributed by atoms with Crippen molar-refractivity contribution in [2.75, 3.05) is 13.2 Å². The fourth-order valence-corrected chi connectivity index (χ4v) is 1.58. The van der Waals surface area contributed by atoms with Crippen molar-refractivity contribution in [3.8, 4) is 11.5 Å². The van der Waals surface area contributed by atoms with Gasteiger partial charge in [-0.1, -0.05) is 12.1 Å². The number of ether oxygens (including phenoxy) is 2. The van der Waals surface area contributed by atoms with Gasteiger partial charge < -0.3 is 20.3 Å². The zero-order valence-electron chi connectivity index (χ0n) is 8.43. The number of hydrogen-bond donors (Lipinski definition) is 2. The number of aliphatic hydroxyl groups excluding tert-OH is 1. The first kappa shape index (κ1) is 10.3. The van der Waals surface area contributed by atoms with Crippen molar-refractivity contribution in [1.82, 2.24) is 0 Å². The molecule has 0 bridgehead atoms. The first-order chi connectivity index (χ1) is 7.31. The predicted octanol–water partition coefficient (Wildman–Crippen LogP) is 0.536. The maximum absolute atomic E-state index is 8.79. The number of nitrogens with two attached hydrogens (primary N) is 1. The van der Waals surface area contributed by atoms with E-state index in [4.69, 9.17) is 20.3 Å². The minimum absolute atomic E-state index is 0.0721. The van der Waals surface area contributed by atoms with Crippen molar-refractivity contribution in [2.45, 2.75) is 18.6 Å². The van der Waals surface area contributed by atoms with Gasteiger partial charge in [0.25, 0.3) is 0 Å². The van der Waals surface area contributed by atoms with Gasteiger partial charge in [-0.3, -0.25) is 0 Å². The minimum Gasteiger partial charge on any atom is -0.486 e. The summed E-state index contributed by atoms with van der Waals surface area (Å²) in [4.78, 5) is 0. The number of hydrogen-bond acceptors (Lipinski definition) is 4. The Hall–Kier alpha value is -1.26. The summed E-state index contributed by atoms with van der Waals surface area (Å²) < 4.78 is 11.2. The number of para-hydroxylation sites is 2. The number of fused-ring (bicyclic) bond motifs is 1. The van der Waals surface area contributed by atoms with E-state index < -0.39 is 0 Å². The summed E-state index contributed by atoms with van der Waals surface area (Å²) in [7, 11) is 0. The molecule has 0 saturated carbocycles. The third-order valence-corrected chi connectivity index (χ3v) is 2.47. The van der Waals surface area contributed by atoms with Crippen LogP contribution in [0.5, 0.6) is 11.5 Å². The Labute approximate surface area is 88.6 Å². The molecule has 3 N–H and O–H groups in total. The van der Waals surface area contributed by atoms with Crippen molar-refractivity contribution >= 4 is 0 Å². The first-order valence-electron chi connectivity index (χ1n) is 5.06. The van der Waals surface area contributed by atoms with Gasteiger partial charge in [0.1, 0.15) is 12.7 Å². The smallest absolute Gasteiger partial charge is 0.161 e. The highest BCUT2D eigenvalue weighted by Crippen LogP contribution is 2.31. The molecule has 2 atom stereocenters. The van der Waals surface area contributed by atoms with Crippen LogP contribution in [0.4, 0.5) is 0 Å². The molecule has 0 aliphatic carbocycles. The Bertz CT molecular complexity index is 329. The molecule has 1 aliphatic heterocycles. The maximum Gasteiger partial charge on any atom is 0.161 e. The lowest BCUT2D eigenvalue weighted by Gasteiger charge is -2.29. The Morgan fingerprint density at radius 1 is 1.40 bits per heavy atom. The van der Waals surface area contributed by atoms with Gasteiger partial charge in [0.2, 0.25) is 0 Å². The van der Waals surface area contributed by atoms with Gasteiger partial charge in [0, 0.05) is 12.6 Å². The standard InChI is InChI=1S/C11H15NO3/c12-8(5-6-13)11-7-14-9-3-1-2-4-10(9)15-11/h1-4,8,11,13H,5-7,12H2/t8-,11-/m0/s1. The maximum atomic E-state index is 8.79. The van der Waals surface area contributed by atoms with Crippen LogP contribution in [0, 0.1) is 0 Å². The molecule has 1 heterocycles. The predicted molar refractivity (Wildman–Crippen MR) is 56.0 cm³/mol. The summed E-state index contributed by atoms with van der Waals surface area (Å²) in [6.07, 6.45) is 0.350. The number of rotatable bonds is 3. The van der Waals surface area contributed by atoms with Gasteiger partial charge >= 0.3 is 0 Å². The van der Waals surface area contributed by atoms with Gasteiger partial charge in [0.05, 0.1) is 0 Å². The fourth-order valence-electron chi connectivity index (χ4n) is 1.58. The lowest BCUT2D eigenvalue weighted by atomic mass is 10.1. The Balaban J connectivity index is 2.05. The van der Waals surface area contributed by atoms with Crippen LogP contribution in [0.15, 0.2) is 24.3 Å².